The summed E-state index contributed by atoms with van der Waals surface area (Å²) >= 11 is 0. The van der Waals surface area contributed by atoms with E-state index in [-0.39, 0.29) is 5.69 Å². The number of para-hydroxylation sites is 1. The van der Waals surface area contributed by atoms with Gasteiger partial charge in [0.15, 0.2) is 11.5 Å². The molecule has 0 fully saturated rings. The molecule has 1 aromatic carbocycles. The lowest BCUT2D eigenvalue weighted by atomic mass is 9.99. The molecule has 0 saturated heterocycles. The van der Waals surface area contributed by atoms with Crippen LogP contribution in [0.5, 0.6) is 5.95 Å². The maximum Gasteiger partial charge on any atom is 0.271 e. The fraction of sp³-hybridized carbons (Fsp3) is 0.333. The molecular weight excluding hydrogens is 220 g/mol. The Kier molecular flexibility index (Phi) is 2.85. The van der Waals surface area contributed by atoms with Gasteiger partial charge in [-0.25, -0.2) is 0 Å². The molecule has 2 rings (SSSR count). The van der Waals surface area contributed by atoms with E-state index in [1.165, 1.54) is 4.68 Å². The van der Waals surface area contributed by atoms with Gasteiger partial charge in [-0.15, -0.1) is 0 Å². The van der Waals surface area contributed by atoms with Crippen molar-refractivity contribution in [1.82, 2.24) is 5.27 Å². The number of rotatable bonds is 3. The van der Waals surface area contributed by atoms with E-state index >= 15 is 0 Å². The summed E-state index contributed by atoms with van der Waals surface area (Å²) in [6, 6.07) is 9.09. The molecule has 5 heteroatoms. The van der Waals surface area contributed by atoms with E-state index in [2.05, 4.69) is 9.79 Å². The molecule has 5 nitrogen and oxygen atoms in total. The molecule has 1 atom stereocenters. The zero-order valence-electron chi connectivity index (χ0n) is 9.75. The summed E-state index contributed by atoms with van der Waals surface area (Å²) in [6.45, 7) is 3.36. The molecule has 1 N–H and O–H groups in total. The van der Waals surface area contributed by atoms with E-state index < -0.39 is 11.5 Å². The highest BCUT2D eigenvalue weighted by molar-refractivity contribution is 5.23. The Hall–Kier alpha value is -1.88. The zero-order chi connectivity index (χ0) is 12.5. The predicted octanol–water partition coefficient (Wildman–Crippen LogP) is 0.642. The largest absolute Gasteiger partial charge is 0.539 e. The average Bonchev–Trinajstić information content (AvgIpc) is 2.73. The van der Waals surface area contributed by atoms with Gasteiger partial charge < -0.3 is 14.7 Å². The lowest BCUT2D eigenvalue weighted by Gasteiger charge is -2.16. The summed E-state index contributed by atoms with van der Waals surface area (Å²) in [4.78, 5) is 0. The van der Waals surface area contributed by atoms with Gasteiger partial charge in [-0.2, -0.15) is 0 Å². The van der Waals surface area contributed by atoms with Gasteiger partial charge in [0.25, 0.3) is 5.69 Å². The van der Waals surface area contributed by atoms with Crippen LogP contribution in [0.2, 0.25) is 0 Å². The fourth-order valence-electron chi connectivity index (χ4n) is 1.61. The van der Waals surface area contributed by atoms with Gasteiger partial charge in [-0.1, -0.05) is 25.1 Å². The minimum atomic E-state index is -1.26. The first-order valence-corrected chi connectivity index (χ1v) is 5.43. The monoisotopic (exact) mass is 234 g/mol. The van der Waals surface area contributed by atoms with E-state index in [1.54, 1.807) is 26.0 Å². The third-order valence-electron chi connectivity index (χ3n) is 2.81. The molecule has 0 spiro atoms. The van der Waals surface area contributed by atoms with Crippen molar-refractivity contribution in [3.05, 3.63) is 36.0 Å². The Morgan fingerprint density at radius 3 is 2.65 bits per heavy atom. The van der Waals surface area contributed by atoms with Gasteiger partial charge in [0.2, 0.25) is 5.69 Å². The second kappa shape index (κ2) is 4.18. The lowest BCUT2D eigenvalue weighted by Crippen LogP contribution is -2.43. The predicted molar refractivity (Wildman–Crippen MR) is 57.3 cm³/mol. The smallest absolute Gasteiger partial charge is 0.271 e. The fourth-order valence-corrected chi connectivity index (χ4v) is 1.61. The third kappa shape index (κ3) is 2.01. The van der Waals surface area contributed by atoms with E-state index in [1.807, 2.05) is 18.2 Å². The van der Waals surface area contributed by atoms with Crippen molar-refractivity contribution in [2.45, 2.75) is 25.9 Å². The number of aliphatic hydroxyl groups is 1. The number of aromatic nitrogens is 2. The minimum Gasteiger partial charge on any atom is -0.539 e. The summed E-state index contributed by atoms with van der Waals surface area (Å²) in [6.07, 6.45) is 0.399. The number of benzene rings is 1. The molecule has 0 radical (unpaired) electrons. The summed E-state index contributed by atoms with van der Waals surface area (Å²) in [7, 11) is 0. The van der Waals surface area contributed by atoms with E-state index in [9.17, 15) is 10.2 Å². The maximum absolute atomic E-state index is 11.6. The van der Waals surface area contributed by atoms with Crippen molar-refractivity contribution in [3.8, 4) is 11.6 Å². The number of hydrogen-bond donors (Lipinski definition) is 1. The standard InChI is InChI=1S/C12H14N2O3/c1-3-12(2,16)10-11(15)17-13-14(10)9-7-5-4-6-8-9/h4-8,16H,3H2,1-2H3. The number of nitrogens with zero attached hydrogens (tertiary/aromatic N) is 2. The maximum atomic E-state index is 11.6. The number of hydrogen-bond acceptors (Lipinski definition) is 4. The van der Waals surface area contributed by atoms with Crippen molar-refractivity contribution < 1.29 is 19.4 Å². The Labute approximate surface area is 98.9 Å². The van der Waals surface area contributed by atoms with Crippen LogP contribution >= 0.6 is 0 Å². The van der Waals surface area contributed by atoms with Crippen LogP contribution in [0.1, 0.15) is 26.0 Å². The van der Waals surface area contributed by atoms with E-state index in [0.29, 0.717) is 12.1 Å². The first-order valence-electron chi connectivity index (χ1n) is 5.43. The van der Waals surface area contributed by atoms with Crippen molar-refractivity contribution in [2.75, 3.05) is 0 Å². The Morgan fingerprint density at radius 2 is 2.06 bits per heavy atom. The summed E-state index contributed by atoms with van der Waals surface area (Å²) in [5.41, 5.74) is -0.430. The molecule has 0 aliphatic carbocycles. The molecule has 1 unspecified atom stereocenters. The molecule has 1 aromatic heterocycles. The van der Waals surface area contributed by atoms with Crippen molar-refractivity contribution >= 4 is 0 Å². The van der Waals surface area contributed by atoms with Crippen molar-refractivity contribution in [3.63, 3.8) is 0 Å². The van der Waals surface area contributed by atoms with Crippen LogP contribution in [0, 0.1) is 0 Å². The van der Waals surface area contributed by atoms with E-state index in [0.717, 1.165) is 0 Å². The van der Waals surface area contributed by atoms with Gasteiger partial charge in [0.05, 0.1) is 5.27 Å². The van der Waals surface area contributed by atoms with Crippen LogP contribution in [-0.2, 0) is 5.60 Å². The Bertz CT molecular complexity index is 506. The van der Waals surface area contributed by atoms with Crippen LogP contribution in [0.25, 0.3) is 5.69 Å². The van der Waals surface area contributed by atoms with Crippen molar-refractivity contribution in [1.29, 1.82) is 0 Å². The molecule has 90 valence electrons. The Balaban J connectivity index is 2.58. The molecule has 2 aromatic rings. The highest BCUT2D eigenvalue weighted by Crippen LogP contribution is 2.27. The van der Waals surface area contributed by atoms with Gasteiger partial charge >= 0.3 is 0 Å². The first-order chi connectivity index (χ1) is 8.06. The van der Waals surface area contributed by atoms with Crippen LogP contribution in [0.3, 0.4) is 0 Å². The van der Waals surface area contributed by atoms with Gasteiger partial charge in [0, 0.05) is 12.1 Å². The molecular formula is C12H14N2O3. The normalized spacial score (nSPS) is 14.5. The highest BCUT2D eigenvalue weighted by atomic mass is 16.6. The van der Waals surface area contributed by atoms with Gasteiger partial charge in [-0.05, 0) is 18.0 Å². The second-order valence-corrected chi connectivity index (χ2v) is 4.08. The second-order valence-electron chi connectivity index (χ2n) is 4.08. The summed E-state index contributed by atoms with van der Waals surface area (Å²) in [5, 5.41) is 25.5. The molecule has 0 bridgehead atoms. The topological polar surface area (TPSA) is 73.2 Å². The quantitative estimate of drug-likeness (QED) is 0.791. The lowest BCUT2D eigenvalue weighted by molar-refractivity contribution is -0.684. The highest BCUT2D eigenvalue weighted by Gasteiger charge is 2.36. The molecule has 1 heterocycles. The molecule has 17 heavy (non-hydrogen) atoms. The van der Waals surface area contributed by atoms with Crippen molar-refractivity contribution in [2.24, 2.45) is 0 Å². The third-order valence-corrected chi connectivity index (χ3v) is 2.81. The van der Waals surface area contributed by atoms with Crippen LogP contribution in [0.4, 0.5) is 0 Å². The van der Waals surface area contributed by atoms with Crippen LogP contribution in [-0.4, -0.2) is 10.4 Å². The SMILES string of the molecule is CCC(C)(O)c1c([O-])on[n+]1-c1ccccc1. The zero-order valence-corrected chi connectivity index (χ0v) is 9.75. The van der Waals surface area contributed by atoms with Gasteiger partial charge in [-0.3, -0.25) is 0 Å². The molecule has 0 aliphatic rings. The van der Waals surface area contributed by atoms with Crippen LogP contribution < -0.4 is 9.79 Å². The van der Waals surface area contributed by atoms with E-state index in [4.69, 9.17) is 0 Å². The Morgan fingerprint density at radius 1 is 1.41 bits per heavy atom. The summed E-state index contributed by atoms with van der Waals surface area (Å²) < 4.78 is 5.97. The average molecular weight is 234 g/mol. The minimum absolute atomic E-state index is 0.145. The molecule has 0 aliphatic heterocycles. The van der Waals surface area contributed by atoms with Gasteiger partial charge in [0.1, 0.15) is 0 Å². The molecule has 0 saturated carbocycles. The van der Waals surface area contributed by atoms with Crippen LogP contribution in [0.15, 0.2) is 34.9 Å². The summed E-state index contributed by atoms with van der Waals surface area (Å²) in [5.74, 6) is -0.610. The first kappa shape index (κ1) is 11.6. The molecule has 0 amide bonds.